The lowest BCUT2D eigenvalue weighted by Gasteiger charge is -2.19. The molecule has 1 N–H and O–H groups in total. The molecule has 0 spiro atoms. The molecule has 2 aromatic rings. The number of aromatic nitrogens is 1. The molecule has 0 saturated heterocycles. The van der Waals surface area contributed by atoms with Crippen LogP contribution in [0.4, 0.5) is 11.4 Å². The van der Waals surface area contributed by atoms with Crippen molar-refractivity contribution in [3.63, 3.8) is 0 Å². The van der Waals surface area contributed by atoms with Crippen LogP contribution in [-0.2, 0) is 0 Å². The predicted octanol–water partition coefficient (Wildman–Crippen LogP) is 2.55. The Hall–Kier alpha value is -2.36. The van der Waals surface area contributed by atoms with Gasteiger partial charge in [0.15, 0.2) is 0 Å². The summed E-state index contributed by atoms with van der Waals surface area (Å²) in [6.45, 7) is 0. The molecule has 2 rings (SSSR count). The molecule has 1 aromatic carbocycles. The fourth-order valence-electron chi connectivity index (χ4n) is 1.53. The summed E-state index contributed by atoms with van der Waals surface area (Å²) in [6, 6.07) is 11.3. The van der Waals surface area contributed by atoms with Crippen LogP contribution < -0.4 is 4.90 Å². The summed E-state index contributed by atoms with van der Waals surface area (Å²) in [5, 5.41) is 8.90. The molecular formula is C13H12N2O2. The van der Waals surface area contributed by atoms with Crippen molar-refractivity contribution >= 4 is 17.3 Å². The number of nitrogens with zero attached hydrogens (tertiary/aromatic N) is 2. The van der Waals surface area contributed by atoms with Crippen molar-refractivity contribution in [2.75, 3.05) is 11.9 Å². The maximum absolute atomic E-state index is 10.9. The molecule has 0 atom stereocenters. The Morgan fingerprint density at radius 1 is 1.18 bits per heavy atom. The number of benzene rings is 1. The van der Waals surface area contributed by atoms with Gasteiger partial charge in [-0.3, -0.25) is 4.98 Å². The van der Waals surface area contributed by atoms with Gasteiger partial charge in [0.1, 0.15) is 0 Å². The molecule has 17 heavy (non-hydrogen) atoms. The smallest absolute Gasteiger partial charge is 0.337 e. The third kappa shape index (κ3) is 2.42. The van der Waals surface area contributed by atoms with E-state index in [1.165, 1.54) is 6.20 Å². The molecule has 1 aromatic heterocycles. The largest absolute Gasteiger partial charge is 0.478 e. The van der Waals surface area contributed by atoms with Gasteiger partial charge in [-0.1, -0.05) is 18.2 Å². The number of carboxylic acid groups (broad SMARTS) is 1. The number of anilines is 2. The highest BCUT2D eigenvalue weighted by Crippen LogP contribution is 2.22. The first-order valence-electron chi connectivity index (χ1n) is 5.15. The Balaban J connectivity index is 2.34. The quantitative estimate of drug-likeness (QED) is 0.877. The van der Waals surface area contributed by atoms with Crippen molar-refractivity contribution in [1.82, 2.24) is 4.98 Å². The summed E-state index contributed by atoms with van der Waals surface area (Å²) < 4.78 is 0. The Labute approximate surface area is 99.2 Å². The second kappa shape index (κ2) is 4.65. The second-order valence-corrected chi connectivity index (χ2v) is 3.63. The Morgan fingerprint density at radius 2 is 1.88 bits per heavy atom. The first-order chi connectivity index (χ1) is 8.18. The van der Waals surface area contributed by atoms with E-state index in [0.717, 1.165) is 11.4 Å². The number of para-hydroxylation sites is 1. The van der Waals surface area contributed by atoms with Gasteiger partial charge >= 0.3 is 5.97 Å². The molecule has 86 valence electrons. The summed E-state index contributed by atoms with van der Waals surface area (Å²) in [5.74, 6) is -0.971. The van der Waals surface area contributed by atoms with Gasteiger partial charge in [-0.25, -0.2) is 4.79 Å². The molecule has 0 bridgehead atoms. The van der Waals surface area contributed by atoms with Gasteiger partial charge in [0.05, 0.1) is 17.4 Å². The summed E-state index contributed by atoms with van der Waals surface area (Å²) in [7, 11) is 1.87. The molecule has 0 aliphatic carbocycles. The van der Waals surface area contributed by atoms with Crippen molar-refractivity contribution in [3.8, 4) is 0 Å². The average molecular weight is 228 g/mol. The van der Waals surface area contributed by atoms with Crippen molar-refractivity contribution in [3.05, 3.63) is 54.4 Å². The first kappa shape index (κ1) is 11.1. The molecule has 4 nitrogen and oxygen atoms in total. The van der Waals surface area contributed by atoms with E-state index in [2.05, 4.69) is 4.98 Å². The lowest BCUT2D eigenvalue weighted by molar-refractivity contribution is 0.0696. The number of rotatable bonds is 3. The molecule has 0 fully saturated rings. The summed E-state index contributed by atoms with van der Waals surface area (Å²) in [4.78, 5) is 16.7. The SMILES string of the molecule is CN(c1ccccc1)c1cncc(C(=O)O)c1. The van der Waals surface area contributed by atoms with Gasteiger partial charge in [0.2, 0.25) is 0 Å². The third-order valence-corrected chi connectivity index (χ3v) is 2.50. The van der Waals surface area contributed by atoms with E-state index < -0.39 is 5.97 Å². The first-order valence-corrected chi connectivity index (χ1v) is 5.15. The standard InChI is InChI=1S/C13H12N2O2/c1-15(11-5-3-2-4-6-11)12-7-10(13(16)17)8-14-9-12/h2-9H,1H3,(H,16,17). The van der Waals surface area contributed by atoms with E-state index in [1.807, 2.05) is 42.3 Å². The lowest BCUT2D eigenvalue weighted by Crippen LogP contribution is -2.10. The van der Waals surface area contributed by atoms with Crippen LogP contribution in [0.2, 0.25) is 0 Å². The average Bonchev–Trinajstić information content (AvgIpc) is 2.39. The Bertz CT molecular complexity index is 526. The van der Waals surface area contributed by atoms with E-state index >= 15 is 0 Å². The van der Waals surface area contributed by atoms with E-state index in [4.69, 9.17) is 5.11 Å². The van der Waals surface area contributed by atoms with Crippen molar-refractivity contribution < 1.29 is 9.90 Å². The number of aromatic carboxylic acids is 1. The van der Waals surface area contributed by atoms with Crippen molar-refractivity contribution in [2.45, 2.75) is 0 Å². The molecule has 4 heteroatoms. The van der Waals surface area contributed by atoms with Gasteiger partial charge < -0.3 is 10.0 Å². The fraction of sp³-hybridized carbons (Fsp3) is 0.0769. The summed E-state index contributed by atoms with van der Waals surface area (Å²) >= 11 is 0. The van der Waals surface area contributed by atoms with Crippen LogP contribution in [0.15, 0.2) is 48.8 Å². The highest BCUT2D eigenvalue weighted by Gasteiger charge is 2.08. The van der Waals surface area contributed by atoms with E-state index in [-0.39, 0.29) is 5.56 Å². The van der Waals surface area contributed by atoms with Crippen LogP contribution in [0.25, 0.3) is 0 Å². The van der Waals surface area contributed by atoms with Crippen molar-refractivity contribution in [1.29, 1.82) is 0 Å². The molecule has 0 unspecified atom stereocenters. The molecule has 0 aliphatic heterocycles. The number of carbonyl (C=O) groups is 1. The lowest BCUT2D eigenvalue weighted by atomic mass is 10.2. The van der Waals surface area contributed by atoms with E-state index in [0.29, 0.717) is 0 Å². The summed E-state index contributed by atoms with van der Waals surface area (Å²) in [6.07, 6.45) is 2.98. The maximum Gasteiger partial charge on any atom is 0.337 e. The normalized spacial score (nSPS) is 9.94. The number of hydrogen-bond acceptors (Lipinski definition) is 3. The Kier molecular flexibility index (Phi) is 3.05. The van der Waals surface area contributed by atoms with E-state index in [9.17, 15) is 4.79 Å². The molecule has 0 amide bonds. The number of hydrogen-bond donors (Lipinski definition) is 1. The Morgan fingerprint density at radius 3 is 2.53 bits per heavy atom. The second-order valence-electron chi connectivity index (χ2n) is 3.63. The minimum atomic E-state index is -0.971. The van der Waals surface area contributed by atoms with Crippen LogP contribution in [0.3, 0.4) is 0 Å². The van der Waals surface area contributed by atoms with E-state index in [1.54, 1.807) is 12.3 Å². The van der Waals surface area contributed by atoms with Crippen LogP contribution in [0.5, 0.6) is 0 Å². The zero-order valence-corrected chi connectivity index (χ0v) is 9.37. The van der Waals surface area contributed by atoms with Gasteiger partial charge in [0.25, 0.3) is 0 Å². The zero-order valence-electron chi connectivity index (χ0n) is 9.37. The monoisotopic (exact) mass is 228 g/mol. The van der Waals surface area contributed by atoms with Crippen LogP contribution in [-0.4, -0.2) is 23.1 Å². The zero-order chi connectivity index (χ0) is 12.3. The minimum Gasteiger partial charge on any atom is -0.478 e. The highest BCUT2D eigenvalue weighted by atomic mass is 16.4. The predicted molar refractivity (Wildman–Crippen MR) is 65.7 cm³/mol. The number of carboxylic acids is 1. The molecule has 0 radical (unpaired) electrons. The van der Waals surface area contributed by atoms with Crippen LogP contribution in [0, 0.1) is 0 Å². The van der Waals surface area contributed by atoms with Crippen molar-refractivity contribution in [2.24, 2.45) is 0 Å². The highest BCUT2D eigenvalue weighted by molar-refractivity contribution is 5.88. The number of pyridine rings is 1. The van der Waals surface area contributed by atoms with Gasteiger partial charge in [-0.2, -0.15) is 0 Å². The fourth-order valence-corrected chi connectivity index (χ4v) is 1.53. The molecule has 0 aliphatic rings. The molecule has 0 saturated carbocycles. The summed E-state index contributed by atoms with van der Waals surface area (Å²) in [5.41, 5.74) is 1.92. The third-order valence-electron chi connectivity index (χ3n) is 2.50. The minimum absolute atomic E-state index is 0.185. The topological polar surface area (TPSA) is 53.4 Å². The van der Waals surface area contributed by atoms with Crippen LogP contribution >= 0.6 is 0 Å². The maximum atomic E-state index is 10.9. The molecule has 1 heterocycles. The van der Waals surface area contributed by atoms with Gasteiger partial charge in [0, 0.05) is 18.9 Å². The van der Waals surface area contributed by atoms with Crippen LogP contribution in [0.1, 0.15) is 10.4 Å². The molecular weight excluding hydrogens is 216 g/mol. The van der Waals surface area contributed by atoms with Gasteiger partial charge in [-0.05, 0) is 18.2 Å². The van der Waals surface area contributed by atoms with Gasteiger partial charge in [-0.15, -0.1) is 0 Å².